The first kappa shape index (κ1) is 17.1. The van der Waals surface area contributed by atoms with E-state index in [0.717, 1.165) is 11.1 Å². The first-order valence-corrected chi connectivity index (χ1v) is 9.14. The van der Waals surface area contributed by atoms with Gasteiger partial charge < -0.3 is 4.40 Å². The van der Waals surface area contributed by atoms with Crippen LogP contribution in [0.1, 0.15) is 32.9 Å². The number of fused-ring (bicyclic) bond motifs is 1. The van der Waals surface area contributed by atoms with Crippen molar-refractivity contribution >= 4 is 21.6 Å². The number of rotatable bonds is 3. The van der Waals surface area contributed by atoms with Crippen LogP contribution in [0.5, 0.6) is 0 Å². The molecule has 0 aliphatic carbocycles. The molecule has 8 heteroatoms. The quantitative estimate of drug-likeness (QED) is 0.774. The summed E-state index contributed by atoms with van der Waals surface area (Å²) >= 11 is 0. The zero-order valence-electron chi connectivity index (χ0n) is 14.4. The Morgan fingerprint density at radius 3 is 2.44 bits per heavy atom. The molecule has 3 aromatic heterocycles. The van der Waals surface area contributed by atoms with Crippen molar-refractivity contribution in [2.45, 2.75) is 32.7 Å². The molecule has 0 radical (unpaired) electrons. The Kier molecular flexibility index (Phi) is 4.08. The first-order chi connectivity index (χ1) is 11.7. The average molecular weight is 358 g/mol. The van der Waals surface area contributed by atoms with Gasteiger partial charge in [-0.15, -0.1) is 0 Å². The molecule has 0 aliphatic rings. The van der Waals surface area contributed by atoms with Gasteiger partial charge in [0.05, 0.1) is 0 Å². The lowest BCUT2D eigenvalue weighted by atomic mass is 10.1. The standard InChI is InChI=1S/C17H18N4O3S/c1-10-11(2)13(4)18-17(12(10)3)25(23,24)20-16(22)14-9-21-8-6-5-7-15(21)19-14/h5-9H,1-4H3,(H,20,22). The van der Waals surface area contributed by atoms with E-state index in [0.29, 0.717) is 16.9 Å². The zero-order valence-corrected chi connectivity index (χ0v) is 15.2. The van der Waals surface area contributed by atoms with Crippen LogP contribution in [-0.2, 0) is 10.0 Å². The van der Waals surface area contributed by atoms with Gasteiger partial charge in [-0.2, -0.15) is 8.42 Å². The Morgan fingerprint density at radius 2 is 1.76 bits per heavy atom. The number of amides is 1. The van der Waals surface area contributed by atoms with Crippen molar-refractivity contribution in [3.05, 3.63) is 58.7 Å². The van der Waals surface area contributed by atoms with E-state index < -0.39 is 15.9 Å². The number of carbonyl (C=O) groups excluding carboxylic acids is 1. The third-order valence-corrected chi connectivity index (χ3v) is 5.70. The molecule has 3 heterocycles. The van der Waals surface area contributed by atoms with Gasteiger partial charge in [-0.05, 0) is 56.5 Å². The maximum atomic E-state index is 12.6. The molecule has 0 atom stereocenters. The molecule has 0 fully saturated rings. The number of hydrogen-bond donors (Lipinski definition) is 1. The van der Waals surface area contributed by atoms with E-state index in [9.17, 15) is 13.2 Å². The fourth-order valence-electron chi connectivity index (χ4n) is 2.56. The van der Waals surface area contributed by atoms with Gasteiger partial charge in [-0.1, -0.05) is 6.07 Å². The zero-order chi connectivity index (χ0) is 18.4. The summed E-state index contributed by atoms with van der Waals surface area (Å²) in [5.41, 5.74) is 3.49. The molecule has 0 aliphatic heterocycles. The summed E-state index contributed by atoms with van der Waals surface area (Å²) in [6.07, 6.45) is 3.21. The van der Waals surface area contributed by atoms with Crippen molar-refractivity contribution in [2.75, 3.05) is 0 Å². The van der Waals surface area contributed by atoms with Crippen LogP contribution in [0.3, 0.4) is 0 Å². The molecule has 0 saturated carbocycles. The van der Waals surface area contributed by atoms with Crippen molar-refractivity contribution in [1.82, 2.24) is 19.1 Å². The van der Waals surface area contributed by atoms with Crippen LogP contribution in [-0.4, -0.2) is 28.7 Å². The topological polar surface area (TPSA) is 93.4 Å². The summed E-state index contributed by atoms with van der Waals surface area (Å²) in [5.74, 6) is -0.791. The monoisotopic (exact) mass is 358 g/mol. The molecule has 1 amide bonds. The molecular formula is C17H18N4O3S. The van der Waals surface area contributed by atoms with Crippen molar-refractivity contribution in [3.8, 4) is 0 Å². The third kappa shape index (κ3) is 3.00. The number of sulfonamides is 1. The van der Waals surface area contributed by atoms with Crippen LogP contribution in [0.15, 0.2) is 35.6 Å². The van der Waals surface area contributed by atoms with E-state index in [1.807, 2.05) is 13.8 Å². The van der Waals surface area contributed by atoms with Crippen molar-refractivity contribution in [1.29, 1.82) is 0 Å². The Balaban J connectivity index is 1.97. The number of carbonyl (C=O) groups is 1. The number of nitrogens with one attached hydrogen (secondary N) is 1. The summed E-state index contributed by atoms with van der Waals surface area (Å²) < 4.78 is 29.0. The Morgan fingerprint density at radius 1 is 1.04 bits per heavy atom. The molecular weight excluding hydrogens is 340 g/mol. The summed E-state index contributed by atoms with van der Waals surface area (Å²) in [7, 11) is -4.10. The predicted molar refractivity (Wildman–Crippen MR) is 93.0 cm³/mol. The SMILES string of the molecule is Cc1nc(S(=O)(=O)NC(=O)c2cn3ccccc3n2)c(C)c(C)c1C. The van der Waals surface area contributed by atoms with Crippen LogP contribution in [0.25, 0.3) is 5.65 Å². The lowest BCUT2D eigenvalue weighted by molar-refractivity contribution is 0.0977. The third-order valence-electron chi connectivity index (χ3n) is 4.34. The molecule has 3 rings (SSSR count). The molecule has 3 aromatic rings. The van der Waals surface area contributed by atoms with Gasteiger partial charge in [-0.25, -0.2) is 14.7 Å². The largest absolute Gasteiger partial charge is 0.306 e. The van der Waals surface area contributed by atoms with E-state index >= 15 is 0 Å². The normalized spacial score (nSPS) is 11.7. The van der Waals surface area contributed by atoms with E-state index in [1.54, 1.807) is 42.6 Å². The van der Waals surface area contributed by atoms with Crippen molar-refractivity contribution in [3.63, 3.8) is 0 Å². The Bertz CT molecular complexity index is 1070. The van der Waals surface area contributed by atoms with Crippen LogP contribution in [0, 0.1) is 27.7 Å². The second-order valence-electron chi connectivity index (χ2n) is 5.90. The second kappa shape index (κ2) is 5.96. The number of nitrogens with zero attached hydrogens (tertiary/aromatic N) is 3. The molecule has 0 unspecified atom stereocenters. The highest BCUT2D eigenvalue weighted by atomic mass is 32.2. The van der Waals surface area contributed by atoms with Gasteiger partial charge in [0, 0.05) is 18.1 Å². The van der Waals surface area contributed by atoms with Crippen molar-refractivity contribution < 1.29 is 13.2 Å². The van der Waals surface area contributed by atoms with Gasteiger partial charge in [0.2, 0.25) is 0 Å². The molecule has 0 bridgehead atoms. The fourth-order valence-corrected chi connectivity index (χ4v) is 3.82. The maximum absolute atomic E-state index is 12.6. The minimum absolute atomic E-state index is 0.0213. The van der Waals surface area contributed by atoms with Gasteiger partial charge in [0.25, 0.3) is 15.9 Å². The Hall–Kier alpha value is -2.74. The number of hydrogen-bond acceptors (Lipinski definition) is 5. The van der Waals surface area contributed by atoms with Crippen LogP contribution in [0.2, 0.25) is 0 Å². The van der Waals surface area contributed by atoms with Gasteiger partial charge in [0.1, 0.15) is 11.3 Å². The highest BCUT2D eigenvalue weighted by molar-refractivity contribution is 7.90. The van der Waals surface area contributed by atoms with Gasteiger partial charge in [0.15, 0.2) is 5.03 Å². The van der Waals surface area contributed by atoms with Crippen LogP contribution >= 0.6 is 0 Å². The number of aromatic nitrogens is 3. The second-order valence-corrected chi connectivity index (χ2v) is 7.50. The fraction of sp³-hybridized carbons (Fsp3) is 0.235. The van der Waals surface area contributed by atoms with E-state index in [2.05, 4.69) is 14.7 Å². The van der Waals surface area contributed by atoms with Crippen LogP contribution < -0.4 is 4.72 Å². The molecule has 0 saturated heterocycles. The molecule has 0 spiro atoms. The van der Waals surface area contributed by atoms with E-state index in [1.165, 1.54) is 6.20 Å². The van der Waals surface area contributed by atoms with E-state index in [-0.39, 0.29) is 10.7 Å². The lowest BCUT2D eigenvalue weighted by Crippen LogP contribution is -2.32. The summed E-state index contributed by atoms with van der Waals surface area (Å²) in [6, 6.07) is 5.30. The minimum atomic E-state index is -4.10. The summed E-state index contributed by atoms with van der Waals surface area (Å²) in [6.45, 7) is 7.14. The molecule has 25 heavy (non-hydrogen) atoms. The summed E-state index contributed by atoms with van der Waals surface area (Å²) in [4.78, 5) is 20.7. The minimum Gasteiger partial charge on any atom is -0.306 e. The molecule has 1 N–H and O–H groups in total. The van der Waals surface area contributed by atoms with E-state index in [4.69, 9.17) is 0 Å². The highest BCUT2D eigenvalue weighted by Gasteiger charge is 2.25. The number of aryl methyl sites for hydroxylation is 1. The van der Waals surface area contributed by atoms with Crippen molar-refractivity contribution in [2.24, 2.45) is 0 Å². The highest BCUT2D eigenvalue weighted by Crippen LogP contribution is 2.21. The summed E-state index contributed by atoms with van der Waals surface area (Å²) in [5, 5.41) is -0.134. The molecule has 130 valence electrons. The number of imidazole rings is 1. The van der Waals surface area contributed by atoms with Gasteiger partial charge >= 0.3 is 0 Å². The van der Waals surface area contributed by atoms with Crippen LogP contribution in [0.4, 0.5) is 0 Å². The average Bonchev–Trinajstić information content (AvgIpc) is 3.00. The lowest BCUT2D eigenvalue weighted by Gasteiger charge is -2.13. The number of pyridine rings is 2. The first-order valence-electron chi connectivity index (χ1n) is 7.66. The Labute approximate surface area is 145 Å². The molecule has 7 nitrogen and oxygen atoms in total. The smallest absolute Gasteiger partial charge is 0.285 e. The maximum Gasteiger partial charge on any atom is 0.285 e. The molecule has 0 aromatic carbocycles. The van der Waals surface area contributed by atoms with Gasteiger partial charge in [-0.3, -0.25) is 4.79 Å². The predicted octanol–water partition coefficient (Wildman–Crippen LogP) is 2.08.